The lowest BCUT2D eigenvalue weighted by molar-refractivity contribution is -0.134. The fourth-order valence-corrected chi connectivity index (χ4v) is 5.06. The highest BCUT2D eigenvalue weighted by Crippen LogP contribution is 2.25. The quantitative estimate of drug-likeness (QED) is 0.346. The van der Waals surface area contributed by atoms with Crippen LogP contribution in [-0.4, -0.2) is 63.5 Å². The summed E-state index contributed by atoms with van der Waals surface area (Å²) < 4.78 is 1.10. The van der Waals surface area contributed by atoms with E-state index in [0.717, 1.165) is 15.9 Å². The molecule has 5 rings (SSSR count). The van der Waals surface area contributed by atoms with Crippen LogP contribution in [0.15, 0.2) is 54.0 Å². The van der Waals surface area contributed by atoms with E-state index in [2.05, 4.69) is 62.8 Å². The van der Waals surface area contributed by atoms with Gasteiger partial charge in [0.1, 0.15) is 0 Å². The molecule has 37 heavy (non-hydrogen) atoms. The van der Waals surface area contributed by atoms with Crippen LogP contribution in [0, 0.1) is 5.92 Å². The lowest BCUT2D eigenvalue weighted by atomic mass is 10.0. The summed E-state index contributed by atoms with van der Waals surface area (Å²) in [7, 11) is 0. The van der Waals surface area contributed by atoms with Gasteiger partial charge >= 0.3 is 0 Å². The number of fused-ring (bicyclic) bond motifs is 1. The summed E-state index contributed by atoms with van der Waals surface area (Å²) in [6, 6.07) is 16.4. The second kappa shape index (κ2) is 11.1. The first-order valence-corrected chi connectivity index (χ1v) is 13.5. The van der Waals surface area contributed by atoms with Gasteiger partial charge in [-0.1, -0.05) is 51.1 Å². The third-order valence-corrected chi connectivity index (χ3v) is 7.31. The van der Waals surface area contributed by atoms with Crippen LogP contribution in [0.5, 0.6) is 0 Å². The van der Waals surface area contributed by atoms with Gasteiger partial charge in [0.2, 0.25) is 23.8 Å². The molecule has 0 saturated carbocycles. The standard InChI is InChI=1S/C27H32N8OS/c1-18(2)24(36)34-11-13-35(14-12-34)27-32-25(28-16-19(3)20-7-5-4-6-8-20)31-26(33-27)30-21-9-10-22-23(15-21)37-17-29-22/h4-10,15,17-19H,11-14,16H2,1-3H3,(H2,28,30,31,32,33). The van der Waals surface area contributed by atoms with Crippen molar-refractivity contribution >= 4 is 51.0 Å². The highest BCUT2D eigenvalue weighted by atomic mass is 32.1. The van der Waals surface area contributed by atoms with Gasteiger partial charge < -0.3 is 20.4 Å². The maximum Gasteiger partial charge on any atom is 0.233 e. The van der Waals surface area contributed by atoms with Gasteiger partial charge in [0.05, 0.1) is 15.7 Å². The van der Waals surface area contributed by atoms with E-state index in [9.17, 15) is 4.79 Å². The number of benzene rings is 2. The Hall–Kier alpha value is -3.79. The molecule has 9 nitrogen and oxygen atoms in total. The number of thiazole rings is 1. The second-order valence-electron chi connectivity index (χ2n) is 9.60. The molecule has 1 atom stereocenters. The molecule has 1 unspecified atom stereocenters. The SMILES string of the molecule is CC(C)C(=O)N1CCN(c2nc(NCC(C)c3ccccc3)nc(Nc3ccc4ncsc4c3)n2)CC1. The van der Waals surface area contributed by atoms with Crippen LogP contribution < -0.4 is 15.5 Å². The fourth-order valence-electron chi connectivity index (χ4n) is 4.34. The molecule has 0 aliphatic carbocycles. The van der Waals surface area contributed by atoms with Crippen LogP contribution in [0.4, 0.5) is 23.5 Å². The van der Waals surface area contributed by atoms with Gasteiger partial charge in [-0.2, -0.15) is 15.0 Å². The Bertz CT molecular complexity index is 1350. The third kappa shape index (κ3) is 5.96. The number of carbonyl (C=O) groups excluding carboxylic acids is 1. The summed E-state index contributed by atoms with van der Waals surface area (Å²) in [5.74, 6) is 2.07. The number of anilines is 4. The smallest absolute Gasteiger partial charge is 0.233 e. The summed E-state index contributed by atoms with van der Waals surface area (Å²) in [5, 5.41) is 6.77. The molecule has 2 aromatic heterocycles. The van der Waals surface area contributed by atoms with E-state index in [1.54, 1.807) is 11.3 Å². The van der Waals surface area contributed by atoms with Crippen molar-refractivity contribution in [2.45, 2.75) is 26.7 Å². The molecule has 1 amide bonds. The highest BCUT2D eigenvalue weighted by Gasteiger charge is 2.25. The Kier molecular flexibility index (Phi) is 7.45. The highest BCUT2D eigenvalue weighted by molar-refractivity contribution is 7.16. The van der Waals surface area contributed by atoms with E-state index >= 15 is 0 Å². The van der Waals surface area contributed by atoms with Crippen molar-refractivity contribution < 1.29 is 4.79 Å². The molecule has 1 aliphatic heterocycles. The largest absolute Gasteiger partial charge is 0.353 e. The Balaban J connectivity index is 1.36. The van der Waals surface area contributed by atoms with Crippen molar-refractivity contribution in [2.24, 2.45) is 5.92 Å². The number of hydrogen-bond donors (Lipinski definition) is 2. The molecular weight excluding hydrogens is 484 g/mol. The summed E-state index contributed by atoms with van der Waals surface area (Å²) in [6.07, 6.45) is 0. The number of amides is 1. The van der Waals surface area contributed by atoms with Gasteiger partial charge in [-0.05, 0) is 29.7 Å². The maximum atomic E-state index is 12.4. The van der Waals surface area contributed by atoms with Gasteiger partial charge in [-0.25, -0.2) is 4.98 Å². The zero-order valence-electron chi connectivity index (χ0n) is 21.4. The second-order valence-corrected chi connectivity index (χ2v) is 10.5. The molecule has 3 heterocycles. The Morgan fingerprint density at radius 1 is 0.973 bits per heavy atom. The lowest BCUT2D eigenvalue weighted by Gasteiger charge is -2.35. The van der Waals surface area contributed by atoms with E-state index < -0.39 is 0 Å². The molecule has 1 fully saturated rings. The molecule has 0 radical (unpaired) electrons. The van der Waals surface area contributed by atoms with Gasteiger partial charge in [0.15, 0.2) is 0 Å². The van der Waals surface area contributed by atoms with Crippen molar-refractivity contribution in [3.8, 4) is 0 Å². The van der Waals surface area contributed by atoms with Crippen molar-refractivity contribution in [3.05, 3.63) is 59.6 Å². The summed E-state index contributed by atoms with van der Waals surface area (Å²) in [6.45, 7) is 9.41. The average Bonchev–Trinajstić information content (AvgIpc) is 3.40. The number of aromatic nitrogens is 4. The molecule has 10 heteroatoms. The van der Waals surface area contributed by atoms with Crippen LogP contribution in [0.2, 0.25) is 0 Å². The number of hydrogen-bond acceptors (Lipinski definition) is 9. The van der Waals surface area contributed by atoms with Gasteiger partial charge in [-0.15, -0.1) is 11.3 Å². The van der Waals surface area contributed by atoms with Crippen molar-refractivity contribution in [1.29, 1.82) is 0 Å². The topological polar surface area (TPSA) is 99.2 Å². The molecular formula is C27H32N8OS. The van der Waals surface area contributed by atoms with Crippen LogP contribution in [0.25, 0.3) is 10.2 Å². The van der Waals surface area contributed by atoms with Gasteiger partial charge in [0.25, 0.3) is 0 Å². The minimum absolute atomic E-state index is 0.00202. The van der Waals surface area contributed by atoms with E-state index in [1.807, 2.05) is 42.5 Å². The first-order valence-electron chi connectivity index (χ1n) is 12.6. The lowest BCUT2D eigenvalue weighted by Crippen LogP contribution is -2.50. The van der Waals surface area contributed by atoms with Crippen molar-refractivity contribution in [3.63, 3.8) is 0 Å². The average molecular weight is 517 g/mol. The Morgan fingerprint density at radius 3 is 2.49 bits per heavy atom. The fraction of sp³-hybridized carbons (Fsp3) is 0.370. The number of nitrogens with one attached hydrogen (secondary N) is 2. The number of nitrogens with zero attached hydrogens (tertiary/aromatic N) is 6. The zero-order chi connectivity index (χ0) is 25.8. The number of carbonyl (C=O) groups is 1. The van der Waals surface area contributed by atoms with E-state index in [0.29, 0.717) is 50.6 Å². The van der Waals surface area contributed by atoms with Crippen molar-refractivity contribution in [2.75, 3.05) is 48.3 Å². The predicted molar refractivity (Wildman–Crippen MR) is 150 cm³/mol. The molecule has 2 N–H and O–H groups in total. The van der Waals surface area contributed by atoms with Crippen molar-refractivity contribution in [1.82, 2.24) is 24.8 Å². The van der Waals surface area contributed by atoms with Crippen LogP contribution >= 0.6 is 11.3 Å². The monoisotopic (exact) mass is 516 g/mol. The molecule has 0 spiro atoms. The van der Waals surface area contributed by atoms with E-state index in [-0.39, 0.29) is 17.7 Å². The van der Waals surface area contributed by atoms with Crippen LogP contribution in [-0.2, 0) is 4.79 Å². The Morgan fingerprint density at radius 2 is 1.73 bits per heavy atom. The van der Waals surface area contributed by atoms with Crippen LogP contribution in [0.3, 0.4) is 0 Å². The van der Waals surface area contributed by atoms with E-state index in [1.165, 1.54) is 5.56 Å². The molecule has 192 valence electrons. The predicted octanol–water partition coefficient (Wildman–Crippen LogP) is 4.75. The van der Waals surface area contributed by atoms with Gasteiger partial charge in [-0.3, -0.25) is 4.79 Å². The first-order chi connectivity index (χ1) is 18.0. The maximum absolute atomic E-state index is 12.4. The summed E-state index contributed by atoms with van der Waals surface area (Å²) in [4.78, 5) is 35.0. The first kappa shape index (κ1) is 24.9. The van der Waals surface area contributed by atoms with E-state index in [4.69, 9.17) is 9.97 Å². The number of piperazine rings is 1. The van der Waals surface area contributed by atoms with Crippen LogP contribution in [0.1, 0.15) is 32.3 Å². The van der Waals surface area contributed by atoms with Gasteiger partial charge in [0, 0.05) is 44.3 Å². The molecule has 1 saturated heterocycles. The third-order valence-electron chi connectivity index (χ3n) is 6.51. The molecule has 2 aromatic carbocycles. The number of rotatable bonds is 8. The molecule has 1 aliphatic rings. The summed E-state index contributed by atoms with van der Waals surface area (Å²) in [5.41, 5.74) is 4.96. The molecule has 0 bridgehead atoms. The summed E-state index contributed by atoms with van der Waals surface area (Å²) >= 11 is 1.60. The zero-order valence-corrected chi connectivity index (χ0v) is 22.2. The minimum Gasteiger partial charge on any atom is -0.353 e. The normalized spacial score (nSPS) is 14.7. The Labute approximate surface area is 221 Å². The minimum atomic E-state index is -0.00202. The molecule has 4 aromatic rings.